The van der Waals surface area contributed by atoms with Crippen LogP contribution in [0, 0.1) is 5.92 Å². The number of carbonyl (C=O) groups excluding carboxylic acids is 1. The van der Waals surface area contributed by atoms with Crippen LogP contribution in [0.4, 0.5) is 11.4 Å². The molecular formula is C19H22N2O. The second-order valence-electron chi connectivity index (χ2n) is 6.04. The molecule has 22 heavy (non-hydrogen) atoms. The van der Waals surface area contributed by atoms with Crippen molar-refractivity contribution in [1.29, 1.82) is 0 Å². The van der Waals surface area contributed by atoms with Gasteiger partial charge in [-0.3, -0.25) is 4.79 Å². The maximum atomic E-state index is 12.1. The van der Waals surface area contributed by atoms with E-state index in [1.807, 2.05) is 41.3 Å². The molecule has 0 saturated carbocycles. The minimum Gasteiger partial charge on any atom is -0.378 e. The number of nitrogens with one attached hydrogen (secondary N) is 1. The summed E-state index contributed by atoms with van der Waals surface area (Å²) >= 11 is 0. The lowest BCUT2D eigenvalue weighted by atomic mass is 9.82. The van der Waals surface area contributed by atoms with Crippen LogP contribution in [-0.2, 0) is 4.79 Å². The van der Waals surface area contributed by atoms with E-state index in [1.54, 1.807) is 6.92 Å². The first-order valence-electron chi connectivity index (χ1n) is 7.80. The fraction of sp³-hybridized carbons (Fsp3) is 0.316. The van der Waals surface area contributed by atoms with Gasteiger partial charge in [0.15, 0.2) is 0 Å². The van der Waals surface area contributed by atoms with Gasteiger partial charge in [-0.2, -0.15) is 0 Å². The largest absolute Gasteiger partial charge is 0.378 e. The van der Waals surface area contributed by atoms with Crippen LogP contribution >= 0.6 is 0 Å². The van der Waals surface area contributed by atoms with Crippen molar-refractivity contribution in [3.8, 4) is 0 Å². The zero-order valence-electron chi connectivity index (χ0n) is 13.3. The number of benzene rings is 2. The highest BCUT2D eigenvalue weighted by Crippen LogP contribution is 2.42. The maximum absolute atomic E-state index is 12.1. The SMILES string of the molecule is CC(=O)N1c2ccccc2C(Nc2ccccc2)C(C)C1C. The maximum Gasteiger partial charge on any atom is 0.224 e. The molecule has 1 aliphatic heterocycles. The lowest BCUT2D eigenvalue weighted by molar-refractivity contribution is -0.117. The highest BCUT2D eigenvalue weighted by Gasteiger charge is 2.37. The minimum atomic E-state index is 0.102. The van der Waals surface area contributed by atoms with E-state index in [-0.39, 0.29) is 18.0 Å². The van der Waals surface area contributed by atoms with Gasteiger partial charge in [-0.1, -0.05) is 43.3 Å². The lowest BCUT2D eigenvalue weighted by Gasteiger charge is -2.44. The predicted molar refractivity (Wildman–Crippen MR) is 91.0 cm³/mol. The molecule has 1 N–H and O–H groups in total. The van der Waals surface area contributed by atoms with E-state index in [0.29, 0.717) is 5.92 Å². The van der Waals surface area contributed by atoms with E-state index < -0.39 is 0 Å². The van der Waals surface area contributed by atoms with Gasteiger partial charge >= 0.3 is 0 Å². The smallest absolute Gasteiger partial charge is 0.224 e. The summed E-state index contributed by atoms with van der Waals surface area (Å²) in [6.45, 7) is 5.98. The molecule has 1 amide bonds. The first kappa shape index (κ1) is 14.6. The number of hydrogen-bond donors (Lipinski definition) is 1. The van der Waals surface area contributed by atoms with E-state index in [9.17, 15) is 4.79 Å². The molecule has 0 aromatic heterocycles. The highest BCUT2D eigenvalue weighted by atomic mass is 16.2. The number of amides is 1. The van der Waals surface area contributed by atoms with E-state index in [4.69, 9.17) is 0 Å². The van der Waals surface area contributed by atoms with Gasteiger partial charge in [0.2, 0.25) is 5.91 Å². The van der Waals surface area contributed by atoms with Crippen LogP contribution in [0.5, 0.6) is 0 Å². The molecule has 114 valence electrons. The molecule has 0 aliphatic carbocycles. The molecule has 1 heterocycles. The number of carbonyl (C=O) groups is 1. The molecule has 3 atom stereocenters. The van der Waals surface area contributed by atoms with Gasteiger partial charge in [-0.25, -0.2) is 0 Å². The van der Waals surface area contributed by atoms with Crippen molar-refractivity contribution in [3.05, 3.63) is 60.2 Å². The fourth-order valence-electron chi connectivity index (χ4n) is 3.37. The molecule has 0 fully saturated rings. The van der Waals surface area contributed by atoms with Gasteiger partial charge in [0, 0.05) is 30.3 Å². The summed E-state index contributed by atoms with van der Waals surface area (Å²) in [5.74, 6) is 0.420. The first-order valence-corrected chi connectivity index (χ1v) is 7.80. The Balaban J connectivity index is 2.03. The molecule has 3 nitrogen and oxygen atoms in total. The average molecular weight is 294 g/mol. The normalized spacial score (nSPS) is 23.8. The molecule has 0 radical (unpaired) electrons. The van der Waals surface area contributed by atoms with Crippen molar-refractivity contribution in [2.75, 3.05) is 10.2 Å². The highest BCUT2D eigenvalue weighted by molar-refractivity contribution is 5.93. The number of hydrogen-bond acceptors (Lipinski definition) is 2. The van der Waals surface area contributed by atoms with Crippen molar-refractivity contribution in [2.45, 2.75) is 32.9 Å². The van der Waals surface area contributed by atoms with Gasteiger partial charge < -0.3 is 10.2 Å². The van der Waals surface area contributed by atoms with Crippen molar-refractivity contribution in [2.24, 2.45) is 5.92 Å². The van der Waals surface area contributed by atoms with Gasteiger partial charge in [0.1, 0.15) is 0 Å². The fourth-order valence-corrected chi connectivity index (χ4v) is 3.37. The van der Waals surface area contributed by atoms with E-state index in [0.717, 1.165) is 11.4 Å². The Morgan fingerprint density at radius 1 is 1.00 bits per heavy atom. The van der Waals surface area contributed by atoms with Gasteiger partial charge in [-0.15, -0.1) is 0 Å². The van der Waals surface area contributed by atoms with Crippen molar-refractivity contribution in [1.82, 2.24) is 0 Å². The molecule has 2 aromatic carbocycles. The number of fused-ring (bicyclic) bond motifs is 1. The third-order valence-electron chi connectivity index (χ3n) is 4.66. The topological polar surface area (TPSA) is 32.3 Å². The van der Waals surface area contributed by atoms with E-state index >= 15 is 0 Å². The molecular weight excluding hydrogens is 272 g/mol. The molecule has 3 rings (SSSR count). The van der Waals surface area contributed by atoms with Crippen LogP contribution in [0.1, 0.15) is 32.4 Å². The quantitative estimate of drug-likeness (QED) is 0.899. The van der Waals surface area contributed by atoms with Gasteiger partial charge in [0.25, 0.3) is 0 Å². The van der Waals surface area contributed by atoms with Crippen LogP contribution in [-0.4, -0.2) is 11.9 Å². The molecule has 0 bridgehead atoms. The van der Waals surface area contributed by atoms with Crippen LogP contribution in [0.3, 0.4) is 0 Å². The standard InChI is InChI=1S/C19H22N2O/c1-13-14(2)21(15(3)22)18-12-8-7-11-17(18)19(13)20-16-9-5-4-6-10-16/h4-14,19-20H,1-3H3. The number of rotatable bonds is 2. The second kappa shape index (κ2) is 5.84. The molecule has 0 saturated heterocycles. The summed E-state index contributed by atoms with van der Waals surface area (Å²) in [4.78, 5) is 14.0. The number of para-hydroxylation sites is 2. The van der Waals surface area contributed by atoms with Crippen LogP contribution in [0.25, 0.3) is 0 Å². The van der Waals surface area contributed by atoms with Crippen LogP contribution < -0.4 is 10.2 Å². The third-order valence-corrected chi connectivity index (χ3v) is 4.66. The predicted octanol–water partition coefficient (Wildman–Crippen LogP) is 4.23. The third kappa shape index (κ3) is 2.47. The van der Waals surface area contributed by atoms with Crippen molar-refractivity contribution < 1.29 is 4.79 Å². The molecule has 3 heteroatoms. The Morgan fingerprint density at radius 2 is 1.64 bits per heavy atom. The van der Waals surface area contributed by atoms with Crippen LogP contribution in [0.15, 0.2) is 54.6 Å². The molecule has 0 spiro atoms. The Kier molecular flexibility index (Phi) is 3.88. The zero-order chi connectivity index (χ0) is 15.7. The zero-order valence-corrected chi connectivity index (χ0v) is 13.3. The Labute approximate surface area is 132 Å². The molecule has 2 aromatic rings. The number of nitrogens with zero attached hydrogens (tertiary/aromatic N) is 1. The van der Waals surface area contributed by atoms with Crippen LogP contribution in [0.2, 0.25) is 0 Å². The van der Waals surface area contributed by atoms with Gasteiger partial charge in [0.05, 0.1) is 6.04 Å². The van der Waals surface area contributed by atoms with E-state index in [2.05, 4.69) is 37.4 Å². The summed E-state index contributed by atoms with van der Waals surface area (Å²) in [6.07, 6.45) is 0. The average Bonchev–Trinajstić information content (AvgIpc) is 2.52. The van der Waals surface area contributed by atoms with Gasteiger partial charge in [-0.05, 0) is 30.7 Å². The Hall–Kier alpha value is -2.29. The lowest BCUT2D eigenvalue weighted by Crippen LogP contribution is -2.48. The van der Waals surface area contributed by atoms with E-state index in [1.165, 1.54) is 5.56 Å². The second-order valence-corrected chi connectivity index (χ2v) is 6.04. The monoisotopic (exact) mass is 294 g/mol. The first-order chi connectivity index (χ1) is 10.6. The number of anilines is 2. The molecule has 3 unspecified atom stereocenters. The van der Waals surface area contributed by atoms with Crippen molar-refractivity contribution >= 4 is 17.3 Å². The Morgan fingerprint density at radius 3 is 2.32 bits per heavy atom. The summed E-state index contributed by atoms with van der Waals surface area (Å²) in [5, 5.41) is 3.64. The summed E-state index contributed by atoms with van der Waals surface area (Å²) < 4.78 is 0. The summed E-state index contributed by atoms with van der Waals surface area (Å²) in [5.41, 5.74) is 3.32. The molecule has 1 aliphatic rings. The Bertz CT molecular complexity index is 668. The summed E-state index contributed by atoms with van der Waals surface area (Å²) in [7, 11) is 0. The van der Waals surface area contributed by atoms with Crippen molar-refractivity contribution in [3.63, 3.8) is 0 Å². The minimum absolute atomic E-state index is 0.102. The summed E-state index contributed by atoms with van der Waals surface area (Å²) in [6, 6.07) is 18.8.